The van der Waals surface area contributed by atoms with Crippen LogP contribution in [-0.2, 0) is 11.3 Å². The number of ether oxygens (including phenoxy) is 1. The number of hydrogen-bond acceptors (Lipinski definition) is 5. The van der Waals surface area contributed by atoms with Crippen molar-refractivity contribution < 1.29 is 19.4 Å². The van der Waals surface area contributed by atoms with E-state index in [1.165, 1.54) is 0 Å². The minimum atomic E-state index is -0.661. The molecule has 0 bridgehead atoms. The standard InChI is InChI=1S/C15H22Br2N4O4/c1-15(2,3)25-14(24)19-8-4-7(5-9(8)22)6-21-12(17)10(13(18)23)11(16)20-21/h7-9,22H,4-6H2,1-3H3,(H2,18,23)(H,19,24)/t7-,8+,9+/m1/s1. The van der Waals surface area contributed by atoms with Crippen LogP contribution in [0.3, 0.4) is 0 Å². The van der Waals surface area contributed by atoms with Gasteiger partial charge >= 0.3 is 6.09 Å². The van der Waals surface area contributed by atoms with E-state index in [4.69, 9.17) is 10.5 Å². The van der Waals surface area contributed by atoms with Gasteiger partial charge in [-0.1, -0.05) is 0 Å². The van der Waals surface area contributed by atoms with Gasteiger partial charge in [-0.3, -0.25) is 9.48 Å². The number of amides is 2. The van der Waals surface area contributed by atoms with E-state index in [0.29, 0.717) is 28.6 Å². The van der Waals surface area contributed by atoms with Crippen LogP contribution in [0, 0.1) is 5.92 Å². The summed E-state index contributed by atoms with van der Waals surface area (Å²) in [4.78, 5) is 23.3. The van der Waals surface area contributed by atoms with Gasteiger partial charge in [0.25, 0.3) is 5.91 Å². The molecule has 1 saturated carbocycles. The minimum absolute atomic E-state index is 0.0822. The first-order chi connectivity index (χ1) is 11.5. The summed E-state index contributed by atoms with van der Waals surface area (Å²) in [6.07, 6.45) is -0.117. The third-order valence-corrected chi connectivity index (χ3v) is 5.21. The quantitative estimate of drug-likeness (QED) is 0.608. The Kier molecular flexibility index (Phi) is 6.16. The van der Waals surface area contributed by atoms with Crippen LogP contribution in [0.15, 0.2) is 9.21 Å². The Morgan fingerprint density at radius 1 is 1.40 bits per heavy atom. The van der Waals surface area contributed by atoms with Gasteiger partial charge in [-0.15, -0.1) is 0 Å². The highest BCUT2D eigenvalue weighted by molar-refractivity contribution is 9.11. The van der Waals surface area contributed by atoms with E-state index >= 15 is 0 Å². The number of aliphatic hydroxyl groups is 1. The molecule has 1 aliphatic rings. The van der Waals surface area contributed by atoms with Gasteiger partial charge < -0.3 is 20.9 Å². The maximum atomic E-state index is 11.9. The molecule has 0 saturated heterocycles. The Balaban J connectivity index is 1.99. The molecule has 0 aromatic carbocycles. The molecule has 140 valence electrons. The molecule has 1 heterocycles. The van der Waals surface area contributed by atoms with Crippen molar-refractivity contribution in [3.05, 3.63) is 14.8 Å². The SMILES string of the molecule is CC(C)(C)OC(=O)N[C@H]1C[C@@H](Cn2nc(Br)c(C(N)=O)c2Br)C[C@@H]1O. The van der Waals surface area contributed by atoms with Gasteiger partial charge in [0.1, 0.15) is 20.4 Å². The lowest BCUT2D eigenvalue weighted by Gasteiger charge is -2.23. The normalized spacial score (nSPS) is 23.5. The zero-order valence-electron chi connectivity index (χ0n) is 14.3. The fourth-order valence-corrected chi connectivity index (χ4v) is 4.31. The predicted molar refractivity (Wildman–Crippen MR) is 98.0 cm³/mol. The number of carbonyl (C=O) groups is 2. The van der Waals surface area contributed by atoms with E-state index in [-0.39, 0.29) is 17.5 Å². The summed E-state index contributed by atoms with van der Waals surface area (Å²) in [5.41, 5.74) is 5.02. The number of carbonyl (C=O) groups excluding carboxylic acids is 2. The highest BCUT2D eigenvalue weighted by Gasteiger charge is 2.35. The van der Waals surface area contributed by atoms with E-state index in [0.717, 1.165) is 0 Å². The van der Waals surface area contributed by atoms with Gasteiger partial charge in [-0.2, -0.15) is 5.10 Å². The third-order valence-electron chi connectivity index (χ3n) is 3.85. The van der Waals surface area contributed by atoms with E-state index in [1.54, 1.807) is 25.5 Å². The maximum absolute atomic E-state index is 11.9. The van der Waals surface area contributed by atoms with Crippen LogP contribution in [0.25, 0.3) is 0 Å². The molecule has 2 amide bonds. The molecule has 10 heteroatoms. The summed E-state index contributed by atoms with van der Waals surface area (Å²) in [6, 6.07) is -0.381. The maximum Gasteiger partial charge on any atom is 0.407 e. The van der Waals surface area contributed by atoms with Crippen molar-refractivity contribution in [3.63, 3.8) is 0 Å². The minimum Gasteiger partial charge on any atom is -0.444 e. The molecule has 1 aromatic rings. The Bertz CT molecular complexity index is 671. The van der Waals surface area contributed by atoms with E-state index in [9.17, 15) is 14.7 Å². The summed E-state index contributed by atoms with van der Waals surface area (Å²) < 4.78 is 7.70. The molecule has 0 aliphatic heterocycles. The smallest absolute Gasteiger partial charge is 0.407 e. The van der Waals surface area contributed by atoms with Crippen molar-refractivity contribution in [3.8, 4) is 0 Å². The summed E-state index contributed by atoms with van der Waals surface area (Å²) in [6.45, 7) is 5.83. The van der Waals surface area contributed by atoms with Crippen molar-refractivity contribution in [2.45, 2.75) is 57.9 Å². The zero-order valence-corrected chi connectivity index (χ0v) is 17.4. The Hall–Kier alpha value is -1.13. The second-order valence-electron chi connectivity index (χ2n) is 7.16. The van der Waals surface area contributed by atoms with E-state index < -0.39 is 23.7 Å². The number of hydrogen-bond donors (Lipinski definition) is 3. The number of nitrogens with zero attached hydrogens (tertiary/aromatic N) is 2. The zero-order chi connectivity index (χ0) is 18.9. The molecule has 0 radical (unpaired) electrons. The van der Waals surface area contributed by atoms with Gasteiger partial charge in [-0.05, 0) is 71.4 Å². The van der Waals surface area contributed by atoms with Crippen LogP contribution in [0.2, 0.25) is 0 Å². The van der Waals surface area contributed by atoms with Crippen molar-refractivity contribution in [1.82, 2.24) is 15.1 Å². The first-order valence-electron chi connectivity index (χ1n) is 7.87. The molecule has 25 heavy (non-hydrogen) atoms. The molecular formula is C15H22Br2N4O4. The fraction of sp³-hybridized carbons (Fsp3) is 0.667. The largest absolute Gasteiger partial charge is 0.444 e. The topological polar surface area (TPSA) is 119 Å². The Labute approximate surface area is 162 Å². The van der Waals surface area contributed by atoms with E-state index in [2.05, 4.69) is 42.3 Å². The number of alkyl carbamates (subject to hydrolysis) is 1. The molecule has 0 spiro atoms. The van der Waals surface area contributed by atoms with Crippen LogP contribution in [-0.4, -0.2) is 44.6 Å². The molecule has 1 aliphatic carbocycles. The second kappa shape index (κ2) is 7.63. The molecule has 2 rings (SSSR count). The number of nitrogens with two attached hydrogens (primary N) is 1. The Morgan fingerprint density at radius 3 is 2.56 bits per heavy atom. The van der Waals surface area contributed by atoms with Gasteiger partial charge in [0.2, 0.25) is 0 Å². The summed E-state index contributed by atoms with van der Waals surface area (Å²) in [5, 5.41) is 17.2. The van der Waals surface area contributed by atoms with Crippen LogP contribution in [0.1, 0.15) is 44.0 Å². The lowest BCUT2D eigenvalue weighted by Crippen LogP contribution is -2.42. The highest BCUT2D eigenvalue weighted by Crippen LogP contribution is 2.31. The van der Waals surface area contributed by atoms with Crippen molar-refractivity contribution in [1.29, 1.82) is 0 Å². The van der Waals surface area contributed by atoms with Crippen LogP contribution >= 0.6 is 31.9 Å². The van der Waals surface area contributed by atoms with Crippen LogP contribution in [0.5, 0.6) is 0 Å². The highest BCUT2D eigenvalue weighted by atomic mass is 79.9. The molecule has 1 aromatic heterocycles. The number of halogens is 2. The number of nitrogens with one attached hydrogen (secondary N) is 1. The number of rotatable bonds is 4. The summed E-state index contributed by atoms with van der Waals surface area (Å²) >= 11 is 6.55. The average Bonchev–Trinajstić information content (AvgIpc) is 2.88. The van der Waals surface area contributed by atoms with Crippen LogP contribution < -0.4 is 11.1 Å². The second-order valence-corrected chi connectivity index (χ2v) is 8.66. The molecular weight excluding hydrogens is 460 g/mol. The van der Waals surface area contributed by atoms with Crippen molar-refractivity contribution in [2.75, 3.05) is 0 Å². The molecule has 0 unspecified atom stereocenters. The lowest BCUT2D eigenvalue weighted by atomic mass is 10.1. The Morgan fingerprint density at radius 2 is 2.04 bits per heavy atom. The lowest BCUT2D eigenvalue weighted by molar-refractivity contribution is 0.0449. The first-order valence-corrected chi connectivity index (χ1v) is 9.45. The molecule has 4 N–H and O–H groups in total. The number of aromatic nitrogens is 2. The number of aliphatic hydroxyl groups excluding tert-OH is 1. The summed E-state index contributed by atoms with van der Waals surface area (Å²) in [7, 11) is 0. The number of primary amides is 1. The monoisotopic (exact) mass is 480 g/mol. The average molecular weight is 482 g/mol. The predicted octanol–water partition coefficient (Wildman–Crippen LogP) is 2.17. The summed E-state index contributed by atoms with van der Waals surface area (Å²) in [5.74, 6) is -0.500. The fourth-order valence-electron chi connectivity index (χ4n) is 2.86. The van der Waals surface area contributed by atoms with Crippen molar-refractivity contribution in [2.24, 2.45) is 11.7 Å². The third kappa shape index (κ3) is 5.18. The van der Waals surface area contributed by atoms with Gasteiger partial charge in [0.05, 0.1) is 12.1 Å². The first kappa shape index (κ1) is 20.2. The van der Waals surface area contributed by atoms with Crippen molar-refractivity contribution >= 4 is 43.9 Å². The van der Waals surface area contributed by atoms with Gasteiger partial charge in [0, 0.05) is 6.54 Å². The van der Waals surface area contributed by atoms with Gasteiger partial charge in [-0.25, -0.2) is 4.79 Å². The van der Waals surface area contributed by atoms with Gasteiger partial charge in [0.15, 0.2) is 0 Å². The van der Waals surface area contributed by atoms with Crippen LogP contribution in [0.4, 0.5) is 4.79 Å². The molecule has 1 fully saturated rings. The molecule has 8 nitrogen and oxygen atoms in total. The van der Waals surface area contributed by atoms with E-state index in [1.807, 2.05) is 0 Å². The molecule has 3 atom stereocenters.